The zero-order valence-corrected chi connectivity index (χ0v) is 20.1. The number of hydrogen-bond acceptors (Lipinski definition) is 6. The summed E-state index contributed by atoms with van der Waals surface area (Å²) in [6.07, 6.45) is 3.47. The SMILES string of the molecule is CCCn1c(CCOC)nc2c(N)nc3cc(OC4CCN(C(=O)C(C)C)CC4)ccc3c21. The van der Waals surface area contributed by atoms with Gasteiger partial charge in [-0.15, -0.1) is 0 Å². The van der Waals surface area contributed by atoms with Gasteiger partial charge in [0.25, 0.3) is 0 Å². The molecule has 1 aliphatic rings. The third-order valence-corrected chi connectivity index (χ3v) is 6.28. The van der Waals surface area contributed by atoms with Crippen molar-refractivity contribution in [3.63, 3.8) is 0 Å². The van der Waals surface area contributed by atoms with Crippen LogP contribution in [0, 0.1) is 5.92 Å². The van der Waals surface area contributed by atoms with Gasteiger partial charge in [0.05, 0.1) is 17.6 Å². The van der Waals surface area contributed by atoms with Gasteiger partial charge in [0, 0.05) is 63.4 Å². The maximum absolute atomic E-state index is 12.2. The molecule has 8 heteroatoms. The number of imidazole rings is 1. The summed E-state index contributed by atoms with van der Waals surface area (Å²) in [5, 5.41) is 1.02. The fourth-order valence-corrected chi connectivity index (χ4v) is 4.61. The predicted octanol–water partition coefficient (Wildman–Crippen LogP) is 3.79. The first-order valence-electron chi connectivity index (χ1n) is 12.0. The molecule has 1 amide bonds. The molecular formula is C25H35N5O3. The second-order valence-electron chi connectivity index (χ2n) is 9.09. The van der Waals surface area contributed by atoms with Gasteiger partial charge in [-0.25, -0.2) is 9.97 Å². The van der Waals surface area contributed by atoms with Crippen LogP contribution in [0.2, 0.25) is 0 Å². The van der Waals surface area contributed by atoms with Gasteiger partial charge in [0.2, 0.25) is 5.91 Å². The molecule has 0 spiro atoms. The zero-order valence-electron chi connectivity index (χ0n) is 20.1. The van der Waals surface area contributed by atoms with E-state index in [4.69, 9.17) is 20.2 Å². The summed E-state index contributed by atoms with van der Waals surface area (Å²) in [6.45, 7) is 9.00. The molecular weight excluding hydrogens is 418 g/mol. The van der Waals surface area contributed by atoms with Crippen molar-refractivity contribution >= 4 is 33.7 Å². The molecule has 1 aliphatic heterocycles. The van der Waals surface area contributed by atoms with Gasteiger partial charge in [-0.3, -0.25) is 4.79 Å². The molecule has 1 aromatic carbocycles. The number of nitrogen functional groups attached to an aromatic ring is 1. The van der Waals surface area contributed by atoms with Gasteiger partial charge >= 0.3 is 0 Å². The number of likely N-dealkylation sites (tertiary alicyclic amines) is 1. The lowest BCUT2D eigenvalue weighted by Gasteiger charge is -2.33. The van der Waals surface area contributed by atoms with Gasteiger partial charge in [0.15, 0.2) is 5.82 Å². The third-order valence-electron chi connectivity index (χ3n) is 6.28. The largest absolute Gasteiger partial charge is 0.490 e. The Morgan fingerprint density at radius 1 is 1.24 bits per heavy atom. The van der Waals surface area contributed by atoms with E-state index in [0.717, 1.165) is 78.8 Å². The molecule has 1 fully saturated rings. The molecule has 3 heterocycles. The molecule has 178 valence electrons. The average Bonchev–Trinajstić information content (AvgIpc) is 3.17. The fourth-order valence-electron chi connectivity index (χ4n) is 4.61. The van der Waals surface area contributed by atoms with E-state index in [1.807, 2.05) is 30.9 Å². The average molecular weight is 454 g/mol. The van der Waals surface area contributed by atoms with Gasteiger partial charge < -0.3 is 24.7 Å². The second kappa shape index (κ2) is 9.95. The van der Waals surface area contributed by atoms with Crippen LogP contribution in [0.5, 0.6) is 5.75 Å². The number of anilines is 1. The van der Waals surface area contributed by atoms with Crippen LogP contribution in [-0.4, -0.2) is 58.3 Å². The Kier molecular flexibility index (Phi) is 7.02. The summed E-state index contributed by atoms with van der Waals surface area (Å²) in [5.41, 5.74) is 8.91. The minimum absolute atomic E-state index is 0.0347. The molecule has 0 saturated carbocycles. The number of nitrogens with zero attached hydrogens (tertiary/aromatic N) is 4. The summed E-state index contributed by atoms with van der Waals surface area (Å²) >= 11 is 0. The number of ether oxygens (including phenoxy) is 2. The normalized spacial score (nSPS) is 15.1. The van der Waals surface area contributed by atoms with Gasteiger partial charge in [-0.2, -0.15) is 0 Å². The monoisotopic (exact) mass is 453 g/mol. The number of carbonyl (C=O) groups is 1. The standard InChI is InChI=1S/C25H35N5O3/c1-5-11-30-21(10-14-32-4)28-22-23(30)19-7-6-18(15-20(19)27-24(22)26)33-17-8-12-29(13-9-17)25(31)16(2)3/h6-7,15-17H,5,8-14H2,1-4H3,(H2,26,27). The van der Waals surface area contributed by atoms with E-state index >= 15 is 0 Å². The number of hydrogen-bond donors (Lipinski definition) is 1. The van der Waals surface area contributed by atoms with E-state index in [2.05, 4.69) is 22.5 Å². The number of fused-ring (bicyclic) bond motifs is 3. The number of methoxy groups -OCH3 is 1. The van der Waals surface area contributed by atoms with Crippen molar-refractivity contribution in [2.24, 2.45) is 5.92 Å². The number of piperidine rings is 1. The molecule has 4 rings (SSSR count). The van der Waals surface area contributed by atoms with E-state index in [1.165, 1.54) is 0 Å². The van der Waals surface area contributed by atoms with Crippen molar-refractivity contribution in [1.82, 2.24) is 19.4 Å². The van der Waals surface area contributed by atoms with Gasteiger partial charge in [-0.05, 0) is 18.6 Å². The lowest BCUT2D eigenvalue weighted by molar-refractivity contribution is -0.136. The Labute approximate surface area is 195 Å². The summed E-state index contributed by atoms with van der Waals surface area (Å²) in [4.78, 5) is 23.6. The van der Waals surface area contributed by atoms with Crippen LogP contribution in [0.15, 0.2) is 18.2 Å². The fraction of sp³-hybridized carbons (Fsp3) is 0.560. The Morgan fingerprint density at radius 2 is 2.00 bits per heavy atom. The molecule has 0 atom stereocenters. The van der Waals surface area contributed by atoms with Crippen molar-refractivity contribution < 1.29 is 14.3 Å². The Hall–Kier alpha value is -2.87. The van der Waals surface area contributed by atoms with Gasteiger partial charge in [-0.1, -0.05) is 20.8 Å². The number of carbonyl (C=O) groups excluding carboxylic acids is 1. The molecule has 8 nitrogen and oxygen atoms in total. The smallest absolute Gasteiger partial charge is 0.225 e. The van der Waals surface area contributed by atoms with E-state index in [0.29, 0.717) is 12.4 Å². The maximum atomic E-state index is 12.2. The number of rotatable bonds is 8. The topological polar surface area (TPSA) is 95.5 Å². The van der Waals surface area contributed by atoms with Crippen LogP contribution in [0.1, 0.15) is 45.9 Å². The molecule has 33 heavy (non-hydrogen) atoms. The molecule has 2 N–H and O–H groups in total. The Morgan fingerprint density at radius 3 is 2.67 bits per heavy atom. The van der Waals surface area contributed by atoms with Gasteiger partial charge in [0.1, 0.15) is 23.2 Å². The van der Waals surface area contributed by atoms with E-state index in [1.54, 1.807) is 7.11 Å². The first kappa shape index (κ1) is 23.3. The molecule has 3 aromatic rings. The zero-order chi connectivity index (χ0) is 23.5. The quantitative estimate of drug-likeness (QED) is 0.558. The van der Waals surface area contributed by atoms with Crippen molar-refractivity contribution in [2.75, 3.05) is 32.5 Å². The first-order chi connectivity index (χ1) is 15.9. The molecule has 1 saturated heterocycles. The minimum atomic E-state index is 0.0347. The summed E-state index contributed by atoms with van der Waals surface area (Å²) in [5.74, 6) is 2.44. The number of aromatic nitrogens is 3. The van der Waals surface area contributed by atoms with Crippen LogP contribution in [0.3, 0.4) is 0 Å². The third kappa shape index (κ3) is 4.76. The lowest BCUT2D eigenvalue weighted by atomic mass is 10.1. The van der Waals surface area contributed by atoms with Crippen LogP contribution in [0.4, 0.5) is 5.82 Å². The highest BCUT2D eigenvalue weighted by Gasteiger charge is 2.25. The Bertz CT molecular complexity index is 1130. The molecule has 0 bridgehead atoms. The lowest BCUT2D eigenvalue weighted by Crippen LogP contribution is -2.43. The van der Waals surface area contributed by atoms with Crippen LogP contribution < -0.4 is 10.5 Å². The molecule has 0 radical (unpaired) electrons. The number of amides is 1. The van der Waals surface area contributed by atoms with Crippen molar-refractivity contribution in [2.45, 2.75) is 59.1 Å². The summed E-state index contributed by atoms with van der Waals surface area (Å²) in [7, 11) is 1.70. The molecule has 2 aromatic heterocycles. The predicted molar refractivity (Wildman–Crippen MR) is 130 cm³/mol. The molecule has 0 unspecified atom stereocenters. The minimum Gasteiger partial charge on any atom is -0.490 e. The highest BCUT2D eigenvalue weighted by atomic mass is 16.5. The summed E-state index contributed by atoms with van der Waals surface area (Å²) in [6, 6.07) is 6.03. The number of nitrogens with two attached hydrogens (primary N) is 1. The van der Waals surface area contributed by atoms with Crippen molar-refractivity contribution in [3.8, 4) is 5.75 Å². The van der Waals surface area contributed by atoms with Crippen LogP contribution in [-0.2, 0) is 22.5 Å². The Balaban J connectivity index is 1.60. The maximum Gasteiger partial charge on any atom is 0.225 e. The van der Waals surface area contributed by atoms with E-state index < -0.39 is 0 Å². The second-order valence-corrected chi connectivity index (χ2v) is 9.09. The number of aryl methyl sites for hydroxylation is 1. The highest BCUT2D eigenvalue weighted by Crippen LogP contribution is 2.32. The number of pyridine rings is 1. The number of benzene rings is 1. The van der Waals surface area contributed by atoms with Crippen molar-refractivity contribution in [3.05, 3.63) is 24.0 Å². The van der Waals surface area contributed by atoms with E-state index in [9.17, 15) is 4.79 Å². The first-order valence-corrected chi connectivity index (χ1v) is 12.0. The van der Waals surface area contributed by atoms with Crippen LogP contribution >= 0.6 is 0 Å². The van der Waals surface area contributed by atoms with E-state index in [-0.39, 0.29) is 17.9 Å². The summed E-state index contributed by atoms with van der Waals surface area (Å²) < 4.78 is 13.8. The van der Waals surface area contributed by atoms with Crippen molar-refractivity contribution in [1.29, 1.82) is 0 Å². The molecule has 0 aliphatic carbocycles. The van der Waals surface area contributed by atoms with Crippen LogP contribution in [0.25, 0.3) is 21.9 Å². The highest BCUT2D eigenvalue weighted by molar-refractivity contribution is 6.06.